The molecule has 106 valence electrons. The van der Waals surface area contributed by atoms with E-state index in [1.165, 1.54) is 12.1 Å². The second-order valence-electron chi connectivity index (χ2n) is 5.35. The number of benzene rings is 1. The topological polar surface area (TPSA) is 51.0 Å². The van der Waals surface area contributed by atoms with E-state index in [0.29, 0.717) is 23.3 Å². The molecule has 0 bridgehead atoms. The molecule has 1 aromatic carbocycles. The summed E-state index contributed by atoms with van der Waals surface area (Å²) in [5.41, 5.74) is 1.63. The van der Waals surface area contributed by atoms with Crippen molar-refractivity contribution in [2.24, 2.45) is 0 Å². The Morgan fingerprint density at radius 2 is 2.20 bits per heavy atom. The van der Waals surface area contributed by atoms with Crippen LogP contribution in [0.5, 0.6) is 0 Å². The van der Waals surface area contributed by atoms with Gasteiger partial charge in [-0.1, -0.05) is 17.6 Å². The van der Waals surface area contributed by atoms with E-state index in [1.807, 2.05) is 14.0 Å². The summed E-state index contributed by atoms with van der Waals surface area (Å²) in [4.78, 5) is 4.48. The molecule has 2 atom stereocenters. The summed E-state index contributed by atoms with van der Waals surface area (Å²) >= 11 is 0. The van der Waals surface area contributed by atoms with Gasteiger partial charge in [0.25, 0.3) is 0 Å². The number of likely N-dealkylation sites (N-methyl/N-ethyl adjacent to an activating group) is 1. The van der Waals surface area contributed by atoms with Crippen molar-refractivity contribution in [2.75, 3.05) is 7.05 Å². The van der Waals surface area contributed by atoms with Gasteiger partial charge in [-0.15, -0.1) is 0 Å². The number of nitrogens with one attached hydrogen (secondary N) is 1. The Morgan fingerprint density at radius 1 is 1.35 bits per heavy atom. The number of aromatic nitrogens is 2. The van der Waals surface area contributed by atoms with E-state index in [9.17, 15) is 4.39 Å². The van der Waals surface area contributed by atoms with Crippen LogP contribution >= 0.6 is 0 Å². The highest BCUT2D eigenvalue weighted by Crippen LogP contribution is 2.34. The Labute approximate surface area is 117 Å². The molecule has 1 aliphatic carbocycles. The van der Waals surface area contributed by atoms with E-state index in [2.05, 4.69) is 15.5 Å². The average Bonchev–Trinajstić information content (AvgIpc) is 3.08. The van der Waals surface area contributed by atoms with Gasteiger partial charge in [0, 0.05) is 11.6 Å². The van der Waals surface area contributed by atoms with Crippen molar-refractivity contribution >= 4 is 0 Å². The van der Waals surface area contributed by atoms with Gasteiger partial charge in [0.2, 0.25) is 11.7 Å². The first-order valence-electron chi connectivity index (χ1n) is 6.96. The van der Waals surface area contributed by atoms with Crippen LogP contribution < -0.4 is 5.32 Å². The molecule has 1 fully saturated rings. The summed E-state index contributed by atoms with van der Waals surface area (Å²) in [5.74, 6) is 1.10. The Hall–Kier alpha value is -1.75. The number of nitrogens with zero attached hydrogens (tertiary/aromatic N) is 2. The van der Waals surface area contributed by atoms with E-state index in [1.54, 1.807) is 6.07 Å². The van der Waals surface area contributed by atoms with Crippen molar-refractivity contribution in [2.45, 2.75) is 38.1 Å². The predicted molar refractivity (Wildman–Crippen MR) is 73.9 cm³/mol. The van der Waals surface area contributed by atoms with Crippen LogP contribution in [0, 0.1) is 12.7 Å². The number of aryl methyl sites for hydroxylation is 1. The smallest absolute Gasteiger partial charge is 0.231 e. The molecule has 2 unspecified atom stereocenters. The van der Waals surface area contributed by atoms with Crippen molar-refractivity contribution in [3.05, 3.63) is 35.5 Å². The minimum absolute atomic E-state index is 0.259. The van der Waals surface area contributed by atoms with Crippen LogP contribution in [0.2, 0.25) is 0 Å². The van der Waals surface area contributed by atoms with Crippen LogP contribution in [0.1, 0.15) is 36.6 Å². The molecule has 0 amide bonds. The molecule has 3 rings (SSSR count). The normalized spacial score (nSPS) is 22.4. The number of hydrogen-bond acceptors (Lipinski definition) is 4. The average molecular weight is 275 g/mol. The summed E-state index contributed by atoms with van der Waals surface area (Å²) in [6.45, 7) is 1.91. The van der Waals surface area contributed by atoms with Gasteiger partial charge in [-0.25, -0.2) is 4.39 Å². The maximum Gasteiger partial charge on any atom is 0.231 e. The molecule has 0 radical (unpaired) electrons. The van der Waals surface area contributed by atoms with Crippen LogP contribution in [0.3, 0.4) is 0 Å². The highest BCUT2D eigenvalue weighted by atomic mass is 19.1. The predicted octanol–water partition coefficient (Wildman–Crippen LogP) is 3.04. The Morgan fingerprint density at radius 3 is 3.00 bits per heavy atom. The summed E-state index contributed by atoms with van der Waals surface area (Å²) < 4.78 is 18.8. The molecule has 1 aromatic heterocycles. The Balaban J connectivity index is 1.92. The fourth-order valence-electron chi connectivity index (χ4n) is 2.93. The molecular weight excluding hydrogens is 257 g/mol. The van der Waals surface area contributed by atoms with Gasteiger partial charge in [0.1, 0.15) is 5.82 Å². The van der Waals surface area contributed by atoms with Crippen molar-refractivity contribution in [3.8, 4) is 11.4 Å². The van der Waals surface area contributed by atoms with E-state index in [0.717, 1.165) is 24.8 Å². The van der Waals surface area contributed by atoms with Crippen LogP contribution in [0.4, 0.5) is 4.39 Å². The minimum atomic E-state index is -0.286. The molecule has 0 spiro atoms. The lowest BCUT2D eigenvalue weighted by Gasteiger charge is -2.14. The highest BCUT2D eigenvalue weighted by Gasteiger charge is 2.32. The fraction of sp³-hybridized carbons (Fsp3) is 0.467. The van der Waals surface area contributed by atoms with Crippen molar-refractivity contribution in [1.82, 2.24) is 15.5 Å². The number of rotatable bonds is 3. The van der Waals surface area contributed by atoms with Crippen LogP contribution in [0.15, 0.2) is 22.7 Å². The van der Waals surface area contributed by atoms with Crippen LogP contribution in [-0.2, 0) is 0 Å². The van der Waals surface area contributed by atoms with Gasteiger partial charge in [0.15, 0.2) is 0 Å². The quantitative estimate of drug-likeness (QED) is 0.935. The van der Waals surface area contributed by atoms with Gasteiger partial charge in [-0.3, -0.25) is 0 Å². The summed E-state index contributed by atoms with van der Waals surface area (Å²) in [5, 5.41) is 7.32. The zero-order valence-corrected chi connectivity index (χ0v) is 11.7. The summed E-state index contributed by atoms with van der Waals surface area (Å²) in [6.07, 6.45) is 3.33. The molecule has 2 aromatic rings. The second kappa shape index (κ2) is 5.32. The third-order valence-electron chi connectivity index (χ3n) is 4.09. The van der Waals surface area contributed by atoms with Gasteiger partial charge in [-0.05, 0) is 44.5 Å². The molecule has 0 aliphatic heterocycles. The molecule has 4 nitrogen and oxygen atoms in total. The lowest BCUT2D eigenvalue weighted by molar-refractivity contribution is 0.335. The highest BCUT2D eigenvalue weighted by molar-refractivity contribution is 5.59. The molecule has 1 saturated carbocycles. The maximum atomic E-state index is 13.4. The third-order valence-corrected chi connectivity index (χ3v) is 4.09. The van der Waals surface area contributed by atoms with E-state index in [4.69, 9.17) is 4.52 Å². The molecule has 20 heavy (non-hydrogen) atoms. The van der Waals surface area contributed by atoms with E-state index >= 15 is 0 Å². The molecule has 0 saturated heterocycles. The zero-order valence-electron chi connectivity index (χ0n) is 11.7. The van der Waals surface area contributed by atoms with E-state index in [-0.39, 0.29) is 11.7 Å². The number of halogens is 1. The molecule has 1 heterocycles. The zero-order chi connectivity index (χ0) is 14.1. The van der Waals surface area contributed by atoms with Crippen LogP contribution in [0.25, 0.3) is 11.4 Å². The first-order valence-corrected chi connectivity index (χ1v) is 6.96. The number of hydrogen-bond donors (Lipinski definition) is 1. The van der Waals surface area contributed by atoms with Crippen molar-refractivity contribution in [3.63, 3.8) is 0 Å². The standard InChI is InChI=1S/C15H18FN3O/c1-9-6-7-10(16)8-12(9)14-18-15(20-19-14)11-4-3-5-13(11)17-2/h6-8,11,13,17H,3-5H2,1-2H3. The van der Waals surface area contributed by atoms with Gasteiger partial charge in [-0.2, -0.15) is 4.98 Å². The molecule has 1 aliphatic rings. The third kappa shape index (κ3) is 2.33. The molecular formula is C15H18FN3O. The maximum absolute atomic E-state index is 13.4. The SMILES string of the molecule is CNC1CCCC1c1nc(-c2cc(F)ccc2C)no1. The molecule has 5 heteroatoms. The first-order chi connectivity index (χ1) is 9.69. The summed E-state index contributed by atoms with van der Waals surface area (Å²) in [7, 11) is 1.96. The lowest BCUT2D eigenvalue weighted by atomic mass is 10.0. The van der Waals surface area contributed by atoms with E-state index < -0.39 is 0 Å². The van der Waals surface area contributed by atoms with Gasteiger partial charge < -0.3 is 9.84 Å². The van der Waals surface area contributed by atoms with Gasteiger partial charge >= 0.3 is 0 Å². The monoisotopic (exact) mass is 275 g/mol. The Bertz CT molecular complexity index is 611. The molecule has 1 N–H and O–H groups in total. The fourth-order valence-corrected chi connectivity index (χ4v) is 2.93. The summed E-state index contributed by atoms with van der Waals surface area (Å²) in [6, 6.07) is 5.01. The largest absolute Gasteiger partial charge is 0.339 e. The Kier molecular flexibility index (Phi) is 3.53. The van der Waals surface area contributed by atoms with Gasteiger partial charge in [0.05, 0.1) is 5.92 Å². The minimum Gasteiger partial charge on any atom is -0.339 e. The van der Waals surface area contributed by atoms with Crippen molar-refractivity contribution in [1.29, 1.82) is 0 Å². The first kappa shape index (κ1) is 13.2. The second-order valence-corrected chi connectivity index (χ2v) is 5.35. The lowest BCUT2D eigenvalue weighted by Crippen LogP contribution is -2.27. The van der Waals surface area contributed by atoms with Crippen molar-refractivity contribution < 1.29 is 8.91 Å². The van der Waals surface area contributed by atoms with Crippen LogP contribution in [-0.4, -0.2) is 23.2 Å².